The number of rotatable bonds is 4. The van der Waals surface area contributed by atoms with Crippen molar-refractivity contribution in [1.82, 2.24) is 9.97 Å². The van der Waals surface area contributed by atoms with Gasteiger partial charge in [0.15, 0.2) is 0 Å². The van der Waals surface area contributed by atoms with Crippen LogP contribution in [0.2, 0.25) is 0 Å². The molecular formula is C11H19N5OS. The van der Waals surface area contributed by atoms with Gasteiger partial charge < -0.3 is 10.7 Å². The van der Waals surface area contributed by atoms with Crippen LogP contribution in [0.25, 0.3) is 0 Å². The third-order valence-electron chi connectivity index (χ3n) is 2.98. The molecule has 1 aromatic rings. The van der Waals surface area contributed by atoms with Crippen molar-refractivity contribution in [2.45, 2.75) is 32.2 Å². The number of nitrogens with zero attached hydrogens (tertiary/aromatic N) is 2. The lowest BCUT2D eigenvalue weighted by molar-refractivity contribution is 0.622. The lowest BCUT2D eigenvalue weighted by atomic mass is 10.1. The highest BCUT2D eigenvalue weighted by atomic mass is 32.2. The van der Waals surface area contributed by atoms with Crippen LogP contribution in [-0.4, -0.2) is 31.7 Å². The first kappa shape index (κ1) is 13.2. The van der Waals surface area contributed by atoms with Gasteiger partial charge in [-0.15, -0.1) is 0 Å². The van der Waals surface area contributed by atoms with Gasteiger partial charge >= 0.3 is 0 Å². The number of aromatic nitrogens is 2. The van der Waals surface area contributed by atoms with Crippen molar-refractivity contribution in [1.29, 1.82) is 0 Å². The second-order valence-electron chi connectivity index (χ2n) is 4.32. The number of nitrogens with two attached hydrogens (primary N) is 1. The quantitative estimate of drug-likeness (QED) is 0.549. The van der Waals surface area contributed by atoms with Crippen LogP contribution in [0.15, 0.2) is 6.07 Å². The number of anilines is 2. The third kappa shape index (κ3) is 3.39. The smallest absolute Gasteiger partial charge is 0.145 e. The molecule has 0 unspecified atom stereocenters. The fourth-order valence-corrected chi connectivity index (χ4v) is 3.25. The molecule has 1 aromatic heterocycles. The zero-order valence-electron chi connectivity index (χ0n) is 10.5. The van der Waals surface area contributed by atoms with Crippen molar-refractivity contribution in [3.8, 4) is 0 Å². The van der Waals surface area contributed by atoms with Crippen LogP contribution in [0.3, 0.4) is 0 Å². The Kier molecular flexibility index (Phi) is 4.48. The summed E-state index contributed by atoms with van der Waals surface area (Å²) >= 11 is 0. The molecule has 0 spiro atoms. The molecule has 2 heterocycles. The zero-order chi connectivity index (χ0) is 13.0. The summed E-state index contributed by atoms with van der Waals surface area (Å²) in [5.41, 5.74) is 2.55. The van der Waals surface area contributed by atoms with E-state index < -0.39 is 10.8 Å². The van der Waals surface area contributed by atoms with Gasteiger partial charge in [-0.25, -0.2) is 15.8 Å². The maximum Gasteiger partial charge on any atom is 0.145 e. The number of nitrogen functional groups attached to an aromatic ring is 1. The molecule has 6 nitrogen and oxygen atoms in total. The fraction of sp³-hybridized carbons (Fsp3) is 0.636. The van der Waals surface area contributed by atoms with E-state index in [4.69, 9.17) is 5.84 Å². The Hall–Kier alpha value is -1.21. The molecule has 7 heteroatoms. The number of nitrogens with one attached hydrogen (secondary N) is 2. The van der Waals surface area contributed by atoms with E-state index in [0.717, 1.165) is 42.4 Å². The Balaban J connectivity index is 2.06. The first-order chi connectivity index (χ1) is 8.71. The van der Waals surface area contributed by atoms with Gasteiger partial charge in [0, 0.05) is 40.8 Å². The molecule has 0 saturated carbocycles. The molecule has 1 fully saturated rings. The van der Waals surface area contributed by atoms with Crippen molar-refractivity contribution in [2.24, 2.45) is 5.84 Å². The van der Waals surface area contributed by atoms with E-state index in [1.807, 2.05) is 6.92 Å². The average molecular weight is 269 g/mol. The van der Waals surface area contributed by atoms with Gasteiger partial charge in [-0.2, -0.15) is 0 Å². The van der Waals surface area contributed by atoms with Crippen molar-refractivity contribution in [3.05, 3.63) is 11.9 Å². The molecule has 0 atom stereocenters. The van der Waals surface area contributed by atoms with Crippen LogP contribution in [-0.2, 0) is 17.2 Å². The summed E-state index contributed by atoms with van der Waals surface area (Å²) < 4.78 is 11.3. The van der Waals surface area contributed by atoms with Gasteiger partial charge in [0.1, 0.15) is 17.5 Å². The van der Waals surface area contributed by atoms with Crippen LogP contribution in [0.4, 0.5) is 11.6 Å². The van der Waals surface area contributed by atoms with E-state index in [0.29, 0.717) is 11.9 Å². The Morgan fingerprint density at radius 1 is 1.39 bits per heavy atom. The predicted molar refractivity (Wildman–Crippen MR) is 73.7 cm³/mol. The van der Waals surface area contributed by atoms with Crippen LogP contribution >= 0.6 is 0 Å². The van der Waals surface area contributed by atoms with Crippen LogP contribution in [0.5, 0.6) is 0 Å². The molecule has 1 aliphatic heterocycles. The summed E-state index contributed by atoms with van der Waals surface area (Å²) in [5.74, 6) is 9.08. The predicted octanol–water partition coefficient (Wildman–Crippen LogP) is 0.648. The van der Waals surface area contributed by atoms with E-state index in [1.165, 1.54) is 0 Å². The summed E-state index contributed by atoms with van der Waals surface area (Å²) in [6.45, 7) is 2.00. The third-order valence-corrected chi connectivity index (χ3v) is 4.36. The highest BCUT2D eigenvalue weighted by Gasteiger charge is 2.18. The van der Waals surface area contributed by atoms with Crippen LogP contribution in [0.1, 0.15) is 25.6 Å². The molecule has 0 radical (unpaired) electrons. The molecule has 0 amide bonds. The van der Waals surface area contributed by atoms with Gasteiger partial charge in [0.05, 0.1) is 0 Å². The molecule has 1 aliphatic rings. The maximum absolute atomic E-state index is 11.3. The molecule has 2 rings (SSSR count). The second-order valence-corrected chi connectivity index (χ2v) is 6.02. The summed E-state index contributed by atoms with van der Waals surface area (Å²) in [6, 6.07) is 2.14. The molecule has 0 aromatic carbocycles. The van der Waals surface area contributed by atoms with Gasteiger partial charge in [0.2, 0.25) is 0 Å². The summed E-state index contributed by atoms with van der Waals surface area (Å²) in [7, 11) is -0.636. The SMILES string of the molecule is CCc1nc(NN)cc(NC2CCS(=O)CC2)n1. The Morgan fingerprint density at radius 3 is 2.67 bits per heavy atom. The van der Waals surface area contributed by atoms with Gasteiger partial charge in [-0.3, -0.25) is 4.21 Å². The summed E-state index contributed by atoms with van der Waals surface area (Å²) in [5, 5.41) is 3.37. The van der Waals surface area contributed by atoms with Crippen LogP contribution in [0, 0.1) is 0 Å². The minimum Gasteiger partial charge on any atom is -0.367 e. The van der Waals surface area contributed by atoms with Crippen molar-refractivity contribution in [2.75, 3.05) is 22.2 Å². The Morgan fingerprint density at radius 2 is 2.06 bits per heavy atom. The first-order valence-electron chi connectivity index (χ1n) is 6.17. The number of aryl methyl sites for hydroxylation is 1. The van der Waals surface area contributed by atoms with Gasteiger partial charge in [-0.1, -0.05) is 6.92 Å². The monoisotopic (exact) mass is 269 g/mol. The molecule has 18 heavy (non-hydrogen) atoms. The summed E-state index contributed by atoms with van der Waals surface area (Å²) in [4.78, 5) is 8.66. The average Bonchev–Trinajstić information content (AvgIpc) is 2.41. The van der Waals surface area contributed by atoms with E-state index in [9.17, 15) is 4.21 Å². The molecule has 0 bridgehead atoms. The van der Waals surface area contributed by atoms with Gasteiger partial charge in [0.25, 0.3) is 0 Å². The molecule has 0 aliphatic carbocycles. The van der Waals surface area contributed by atoms with E-state index >= 15 is 0 Å². The van der Waals surface area contributed by atoms with Crippen molar-refractivity contribution >= 4 is 22.4 Å². The Bertz CT molecular complexity index is 407. The lowest BCUT2D eigenvalue weighted by Crippen LogP contribution is -2.30. The minimum absolute atomic E-state index is 0.341. The molecule has 100 valence electrons. The van der Waals surface area contributed by atoms with Crippen LogP contribution < -0.4 is 16.6 Å². The highest BCUT2D eigenvalue weighted by molar-refractivity contribution is 7.85. The first-order valence-corrected chi connectivity index (χ1v) is 7.66. The number of hydrogen-bond donors (Lipinski definition) is 3. The van der Waals surface area contributed by atoms with E-state index in [2.05, 4.69) is 20.7 Å². The van der Waals surface area contributed by atoms with E-state index in [-0.39, 0.29) is 0 Å². The largest absolute Gasteiger partial charge is 0.367 e. The molecule has 4 N–H and O–H groups in total. The fourth-order valence-electron chi connectivity index (χ4n) is 1.95. The number of hydrazine groups is 1. The lowest BCUT2D eigenvalue weighted by Gasteiger charge is -2.23. The topological polar surface area (TPSA) is 92.9 Å². The van der Waals surface area contributed by atoms with Crippen molar-refractivity contribution in [3.63, 3.8) is 0 Å². The zero-order valence-corrected chi connectivity index (χ0v) is 11.3. The standard InChI is InChI=1S/C11H19N5OS/c1-2-9-14-10(7-11(15-9)16-12)13-8-3-5-18(17)6-4-8/h7-8H,2-6,12H2,1H3,(H2,13,14,15,16). The minimum atomic E-state index is -0.636. The van der Waals surface area contributed by atoms with Crippen molar-refractivity contribution < 1.29 is 4.21 Å². The maximum atomic E-state index is 11.3. The van der Waals surface area contributed by atoms with E-state index in [1.54, 1.807) is 6.07 Å². The highest BCUT2D eigenvalue weighted by Crippen LogP contribution is 2.17. The van der Waals surface area contributed by atoms with Gasteiger partial charge in [-0.05, 0) is 12.8 Å². The number of hydrogen-bond acceptors (Lipinski definition) is 6. The molecular weight excluding hydrogens is 250 g/mol. The normalized spacial score (nSPS) is 23.7. The Labute approximate surface area is 109 Å². The second kappa shape index (κ2) is 6.10. The summed E-state index contributed by atoms with van der Waals surface area (Å²) in [6.07, 6.45) is 2.60. The molecule has 1 saturated heterocycles.